The molecule has 4 rings (SSSR count). The van der Waals surface area contributed by atoms with Crippen LogP contribution in [0.1, 0.15) is 35.2 Å². The molecule has 0 spiro atoms. The number of hydrogen-bond acceptors (Lipinski definition) is 6. The Bertz CT molecular complexity index is 1330. The van der Waals surface area contributed by atoms with Gasteiger partial charge in [-0.05, 0) is 79.6 Å². The van der Waals surface area contributed by atoms with E-state index in [1.54, 1.807) is 54.6 Å². The Morgan fingerprint density at radius 3 is 2.32 bits per heavy atom. The van der Waals surface area contributed by atoms with Gasteiger partial charge in [0, 0.05) is 11.3 Å². The van der Waals surface area contributed by atoms with E-state index in [4.69, 9.17) is 10.00 Å². The van der Waals surface area contributed by atoms with Crippen LogP contribution in [0, 0.1) is 18.3 Å². The first kappa shape index (κ1) is 22.6. The van der Waals surface area contributed by atoms with Crippen molar-refractivity contribution in [2.45, 2.75) is 19.9 Å². The molecule has 1 unspecified atom stereocenters. The van der Waals surface area contributed by atoms with Gasteiger partial charge in [-0.3, -0.25) is 14.5 Å². The number of phenolic OH excluding ortho intramolecular Hbond substituents is 1. The number of carbonyl (C=O) groups excluding carboxylic acids is 2. The van der Waals surface area contributed by atoms with Crippen LogP contribution in [0.5, 0.6) is 11.5 Å². The molecule has 170 valence electrons. The molecule has 1 atom stereocenters. The molecule has 3 aromatic rings. The van der Waals surface area contributed by atoms with E-state index in [-0.39, 0.29) is 17.1 Å². The topological polar surface area (TPSA) is 111 Å². The average Bonchev–Trinajstić information content (AvgIpc) is 3.11. The van der Waals surface area contributed by atoms with Crippen LogP contribution in [0.3, 0.4) is 0 Å². The Morgan fingerprint density at radius 2 is 1.74 bits per heavy atom. The Hall–Kier alpha value is -4.57. The Kier molecular flexibility index (Phi) is 6.07. The summed E-state index contributed by atoms with van der Waals surface area (Å²) in [6.45, 7) is 4.19. The summed E-state index contributed by atoms with van der Waals surface area (Å²) in [6.07, 6.45) is 0. The zero-order chi connectivity index (χ0) is 24.4. The summed E-state index contributed by atoms with van der Waals surface area (Å²) < 4.78 is 5.56. The van der Waals surface area contributed by atoms with Crippen LogP contribution in [0.4, 0.5) is 5.69 Å². The van der Waals surface area contributed by atoms with Crippen molar-refractivity contribution in [3.8, 4) is 17.6 Å². The minimum atomic E-state index is -0.930. The van der Waals surface area contributed by atoms with E-state index >= 15 is 0 Å². The van der Waals surface area contributed by atoms with Crippen molar-refractivity contribution in [1.29, 1.82) is 5.26 Å². The molecule has 0 bridgehead atoms. The van der Waals surface area contributed by atoms with Crippen molar-refractivity contribution in [3.05, 3.63) is 94.6 Å². The summed E-state index contributed by atoms with van der Waals surface area (Å²) in [7, 11) is 0. The van der Waals surface area contributed by atoms with E-state index in [1.165, 1.54) is 17.0 Å². The molecule has 0 radical (unpaired) electrons. The maximum atomic E-state index is 13.2. The van der Waals surface area contributed by atoms with Crippen LogP contribution in [0.25, 0.3) is 5.76 Å². The van der Waals surface area contributed by atoms with Crippen LogP contribution < -0.4 is 9.64 Å². The number of anilines is 1. The zero-order valence-electron chi connectivity index (χ0n) is 18.6. The number of aliphatic hydroxyl groups is 1. The van der Waals surface area contributed by atoms with Gasteiger partial charge < -0.3 is 14.9 Å². The number of amides is 1. The van der Waals surface area contributed by atoms with Crippen LogP contribution >= 0.6 is 0 Å². The molecule has 3 aromatic carbocycles. The van der Waals surface area contributed by atoms with Crippen molar-refractivity contribution in [2.24, 2.45) is 0 Å². The minimum absolute atomic E-state index is 0.0289. The molecular formula is C27H22N2O5. The second-order valence-electron chi connectivity index (χ2n) is 7.83. The quantitative estimate of drug-likeness (QED) is 0.331. The number of rotatable bonds is 5. The van der Waals surface area contributed by atoms with Crippen molar-refractivity contribution in [2.75, 3.05) is 11.5 Å². The number of phenols is 1. The van der Waals surface area contributed by atoms with Crippen molar-refractivity contribution >= 4 is 23.1 Å². The van der Waals surface area contributed by atoms with Crippen LogP contribution in [0.2, 0.25) is 0 Å². The Morgan fingerprint density at radius 1 is 1.06 bits per heavy atom. The van der Waals surface area contributed by atoms with Crippen molar-refractivity contribution in [3.63, 3.8) is 0 Å². The lowest BCUT2D eigenvalue weighted by Gasteiger charge is -2.25. The Labute approximate surface area is 196 Å². The highest BCUT2D eigenvalue weighted by Gasteiger charge is 2.47. The number of hydrogen-bond donors (Lipinski definition) is 2. The van der Waals surface area contributed by atoms with Gasteiger partial charge in [0.1, 0.15) is 17.3 Å². The molecule has 0 aromatic heterocycles. The highest BCUT2D eigenvalue weighted by molar-refractivity contribution is 6.51. The maximum Gasteiger partial charge on any atom is 0.300 e. The molecule has 1 fully saturated rings. The van der Waals surface area contributed by atoms with Gasteiger partial charge in [-0.25, -0.2) is 0 Å². The van der Waals surface area contributed by atoms with Crippen molar-refractivity contribution < 1.29 is 24.5 Å². The summed E-state index contributed by atoms with van der Waals surface area (Å²) in [5.74, 6) is -1.24. The smallest absolute Gasteiger partial charge is 0.300 e. The van der Waals surface area contributed by atoms with E-state index in [2.05, 4.69) is 0 Å². The molecule has 1 heterocycles. The van der Waals surface area contributed by atoms with Gasteiger partial charge in [-0.2, -0.15) is 5.26 Å². The third-order valence-electron chi connectivity index (χ3n) is 5.68. The number of aromatic hydroxyl groups is 1. The summed E-state index contributed by atoms with van der Waals surface area (Å²) in [5, 5.41) is 30.1. The monoisotopic (exact) mass is 454 g/mol. The first-order valence-corrected chi connectivity index (χ1v) is 10.7. The van der Waals surface area contributed by atoms with Crippen LogP contribution in [-0.4, -0.2) is 28.5 Å². The SMILES string of the molecule is CCOc1ccc(/C(O)=C2/C(=O)C(=O)N(c3ccc(C#N)cc3)C2c2ccc(O)cc2)cc1C. The van der Waals surface area contributed by atoms with E-state index in [0.29, 0.717) is 34.7 Å². The third-order valence-corrected chi connectivity index (χ3v) is 5.68. The van der Waals surface area contributed by atoms with Gasteiger partial charge >= 0.3 is 0 Å². The molecule has 7 heteroatoms. The lowest BCUT2D eigenvalue weighted by molar-refractivity contribution is -0.132. The van der Waals surface area contributed by atoms with E-state index in [0.717, 1.165) is 5.56 Å². The number of benzene rings is 3. The number of nitrogens with zero attached hydrogens (tertiary/aromatic N) is 2. The van der Waals surface area contributed by atoms with Gasteiger partial charge in [0.05, 0.1) is 29.9 Å². The molecule has 1 saturated heterocycles. The molecule has 0 saturated carbocycles. The second-order valence-corrected chi connectivity index (χ2v) is 7.83. The van der Waals surface area contributed by atoms with Crippen molar-refractivity contribution in [1.82, 2.24) is 0 Å². The summed E-state index contributed by atoms with van der Waals surface area (Å²) in [5.41, 5.74) is 2.43. The van der Waals surface area contributed by atoms with Gasteiger partial charge in [0.25, 0.3) is 11.7 Å². The lowest BCUT2D eigenvalue weighted by atomic mass is 9.94. The molecule has 1 aliphatic rings. The number of ether oxygens (including phenoxy) is 1. The number of aliphatic hydroxyl groups excluding tert-OH is 1. The van der Waals surface area contributed by atoms with Gasteiger partial charge in [-0.15, -0.1) is 0 Å². The van der Waals surface area contributed by atoms with Crippen LogP contribution in [0.15, 0.2) is 72.3 Å². The predicted octanol–water partition coefficient (Wildman–Crippen LogP) is 4.60. The fourth-order valence-electron chi connectivity index (χ4n) is 4.04. The number of aryl methyl sites for hydroxylation is 1. The highest BCUT2D eigenvalue weighted by atomic mass is 16.5. The largest absolute Gasteiger partial charge is 0.508 e. The molecular weight excluding hydrogens is 432 g/mol. The summed E-state index contributed by atoms with van der Waals surface area (Å²) in [4.78, 5) is 27.7. The Balaban J connectivity index is 1.90. The zero-order valence-corrected chi connectivity index (χ0v) is 18.6. The molecule has 7 nitrogen and oxygen atoms in total. The number of Topliss-reactive ketones (excluding diaryl/α,β-unsaturated/α-hetero) is 1. The van der Waals surface area contributed by atoms with E-state index in [1.807, 2.05) is 19.9 Å². The molecule has 34 heavy (non-hydrogen) atoms. The summed E-state index contributed by atoms with van der Waals surface area (Å²) in [6, 6.07) is 18.5. The minimum Gasteiger partial charge on any atom is -0.508 e. The van der Waals surface area contributed by atoms with E-state index < -0.39 is 17.7 Å². The molecule has 1 amide bonds. The maximum absolute atomic E-state index is 13.2. The number of carbonyl (C=O) groups is 2. The van der Waals surface area contributed by atoms with Gasteiger partial charge in [-0.1, -0.05) is 12.1 Å². The molecule has 2 N–H and O–H groups in total. The first-order chi connectivity index (χ1) is 16.3. The normalized spacial score (nSPS) is 17.0. The molecule has 0 aliphatic carbocycles. The molecule has 1 aliphatic heterocycles. The second kappa shape index (κ2) is 9.12. The number of ketones is 1. The summed E-state index contributed by atoms with van der Waals surface area (Å²) >= 11 is 0. The standard InChI is InChI=1S/C27H22N2O5/c1-3-34-22-13-8-19(14-16(22)2)25(31)23-24(18-6-11-21(30)12-7-18)29(27(33)26(23)32)20-9-4-17(15-28)5-10-20/h4-14,24,30-31H,3H2,1-2H3/b25-23-. The fraction of sp³-hybridized carbons (Fsp3) is 0.148. The van der Waals surface area contributed by atoms with Gasteiger partial charge in [0.2, 0.25) is 0 Å². The lowest BCUT2D eigenvalue weighted by Crippen LogP contribution is -2.29. The van der Waals surface area contributed by atoms with Crippen LogP contribution in [-0.2, 0) is 9.59 Å². The fourth-order valence-corrected chi connectivity index (χ4v) is 4.04. The van der Waals surface area contributed by atoms with E-state index in [9.17, 15) is 19.8 Å². The number of nitriles is 1. The average molecular weight is 454 g/mol. The third kappa shape index (κ3) is 3.97. The predicted molar refractivity (Wildman–Crippen MR) is 126 cm³/mol. The first-order valence-electron chi connectivity index (χ1n) is 10.7. The van der Waals surface area contributed by atoms with Gasteiger partial charge in [0.15, 0.2) is 0 Å². The highest BCUT2D eigenvalue weighted by Crippen LogP contribution is 2.42.